The van der Waals surface area contributed by atoms with Crippen molar-refractivity contribution in [1.82, 2.24) is 0 Å². The fourth-order valence-corrected chi connectivity index (χ4v) is 3.18. The van der Waals surface area contributed by atoms with E-state index in [4.69, 9.17) is 4.74 Å². The van der Waals surface area contributed by atoms with Crippen LogP contribution in [-0.2, 0) is 0 Å². The molecule has 0 fully saturated rings. The Hall–Kier alpha value is -1.07. The largest absolute Gasteiger partial charge is 0.492 e. The van der Waals surface area contributed by atoms with Gasteiger partial charge in [-0.3, -0.25) is 0 Å². The predicted octanol–water partition coefficient (Wildman–Crippen LogP) is 5.22. The minimum absolute atomic E-state index is 0.140. The number of halogens is 2. The first-order valence-electron chi connectivity index (χ1n) is 6.04. The van der Waals surface area contributed by atoms with E-state index in [1.54, 1.807) is 17.4 Å². The maximum atomic E-state index is 13.2. The van der Waals surface area contributed by atoms with Gasteiger partial charge in [0.15, 0.2) is 0 Å². The Balaban J connectivity index is 2.18. The van der Waals surface area contributed by atoms with E-state index in [0.717, 1.165) is 9.47 Å². The molecule has 1 aromatic carbocycles. The average Bonchev–Trinajstić information content (AvgIpc) is 2.80. The van der Waals surface area contributed by atoms with Crippen molar-refractivity contribution in [2.75, 3.05) is 11.9 Å². The van der Waals surface area contributed by atoms with Crippen molar-refractivity contribution in [3.63, 3.8) is 0 Å². The Morgan fingerprint density at radius 1 is 1.37 bits per heavy atom. The Bertz CT molecular complexity index is 558. The smallest absolute Gasteiger partial charge is 0.145 e. The van der Waals surface area contributed by atoms with Crippen LogP contribution in [0.1, 0.15) is 24.8 Å². The number of hydrogen-bond donors (Lipinski definition) is 1. The predicted molar refractivity (Wildman–Crippen MR) is 81.6 cm³/mol. The van der Waals surface area contributed by atoms with Gasteiger partial charge in [-0.1, -0.05) is 0 Å². The molecular weight excluding hydrogens is 329 g/mol. The lowest BCUT2D eigenvalue weighted by molar-refractivity contribution is 0.339. The summed E-state index contributed by atoms with van der Waals surface area (Å²) in [4.78, 5) is 1.21. The van der Waals surface area contributed by atoms with Gasteiger partial charge >= 0.3 is 0 Å². The average molecular weight is 344 g/mol. The maximum Gasteiger partial charge on any atom is 0.145 e. The first-order valence-corrected chi connectivity index (χ1v) is 7.65. The quantitative estimate of drug-likeness (QED) is 0.803. The van der Waals surface area contributed by atoms with Crippen LogP contribution in [0, 0.1) is 5.82 Å². The van der Waals surface area contributed by atoms with E-state index >= 15 is 0 Å². The van der Waals surface area contributed by atoms with Gasteiger partial charge in [0.25, 0.3) is 0 Å². The molecule has 1 unspecified atom stereocenters. The monoisotopic (exact) mass is 343 g/mol. The summed E-state index contributed by atoms with van der Waals surface area (Å²) in [6.45, 7) is 4.46. The highest BCUT2D eigenvalue weighted by Crippen LogP contribution is 2.32. The van der Waals surface area contributed by atoms with Gasteiger partial charge in [-0.05, 0) is 54.0 Å². The van der Waals surface area contributed by atoms with Crippen molar-refractivity contribution in [1.29, 1.82) is 0 Å². The van der Waals surface area contributed by atoms with Gasteiger partial charge in [-0.15, -0.1) is 11.3 Å². The second-order valence-electron chi connectivity index (χ2n) is 4.08. The first-order chi connectivity index (χ1) is 9.10. The number of nitrogens with one attached hydrogen (secondary N) is 1. The molecule has 0 saturated heterocycles. The molecule has 2 rings (SSSR count). The molecule has 2 aromatic rings. The highest BCUT2D eigenvalue weighted by molar-refractivity contribution is 9.11. The Labute approximate surface area is 124 Å². The third-order valence-electron chi connectivity index (χ3n) is 2.64. The second kappa shape index (κ2) is 6.39. The summed E-state index contributed by atoms with van der Waals surface area (Å²) in [6.07, 6.45) is 0. The number of anilines is 1. The van der Waals surface area contributed by atoms with Crippen molar-refractivity contribution in [3.05, 3.63) is 44.8 Å². The summed E-state index contributed by atoms with van der Waals surface area (Å²) in [5.41, 5.74) is 0.806. The Kier molecular flexibility index (Phi) is 4.82. The summed E-state index contributed by atoms with van der Waals surface area (Å²) in [5, 5.41) is 3.35. The standard InChI is InChI=1S/C14H15BrFNOS/c1-3-18-12-8-10(16)4-5-11(12)17-9(2)13-6-7-14(15)19-13/h4-9,17H,3H2,1-2H3. The molecule has 0 saturated carbocycles. The third kappa shape index (κ3) is 3.70. The van der Waals surface area contributed by atoms with Crippen molar-refractivity contribution in [2.45, 2.75) is 19.9 Å². The van der Waals surface area contributed by atoms with Gasteiger partial charge in [0.05, 0.1) is 22.1 Å². The molecule has 1 heterocycles. The van der Waals surface area contributed by atoms with Gasteiger partial charge in [0.1, 0.15) is 11.6 Å². The lowest BCUT2D eigenvalue weighted by Crippen LogP contribution is -2.07. The molecule has 0 amide bonds. The van der Waals surface area contributed by atoms with E-state index in [9.17, 15) is 4.39 Å². The van der Waals surface area contributed by atoms with Crippen LogP contribution in [0.2, 0.25) is 0 Å². The van der Waals surface area contributed by atoms with Crippen molar-refractivity contribution < 1.29 is 9.13 Å². The number of hydrogen-bond acceptors (Lipinski definition) is 3. The van der Waals surface area contributed by atoms with Crippen LogP contribution in [0.4, 0.5) is 10.1 Å². The van der Waals surface area contributed by atoms with Gasteiger partial charge in [0.2, 0.25) is 0 Å². The summed E-state index contributed by atoms with van der Waals surface area (Å²) in [7, 11) is 0. The fourth-order valence-electron chi connectivity index (χ4n) is 1.76. The van der Waals surface area contributed by atoms with E-state index in [1.165, 1.54) is 17.0 Å². The van der Waals surface area contributed by atoms with Crippen LogP contribution in [-0.4, -0.2) is 6.61 Å². The molecule has 0 radical (unpaired) electrons. The van der Waals surface area contributed by atoms with Gasteiger partial charge in [-0.25, -0.2) is 4.39 Å². The molecule has 2 nitrogen and oxygen atoms in total. The van der Waals surface area contributed by atoms with Crippen molar-refractivity contribution >= 4 is 33.0 Å². The maximum absolute atomic E-state index is 13.2. The Morgan fingerprint density at radius 2 is 2.16 bits per heavy atom. The fraction of sp³-hybridized carbons (Fsp3) is 0.286. The van der Waals surface area contributed by atoms with E-state index in [-0.39, 0.29) is 11.9 Å². The van der Waals surface area contributed by atoms with Crippen molar-refractivity contribution in [2.24, 2.45) is 0 Å². The lowest BCUT2D eigenvalue weighted by atomic mass is 10.2. The molecule has 1 aromatic heterocycles. The minimum atomic E-state index is -0.291. The number of thiophene rings is 1. The van der Waals surface area contributed by atoms with Crippen molar-refractivity contribution in [3.8, 4) is 5.75 Å². The molecule has 19 heavy (non-hydrogen) atoms. The SMILES string of the molecule is CCOc1cc(F)ccc1NC(C)c1ccc(Br)s1. The summed E-state index contributed by atoms with van der Waals surface area (Å²) >= 11 is 5.13. The normalized spacial score (nSPS) is 12.2. The number of benzene rings is 1. The molecule has 0 aliphatic rings. The van der Waals surface area contributed by atoms with E-state index in [2.05, 4.69) is 34.2 Å². The highest BCUT2D eigenvalue weighted by Gasteiger charge is 2.11. The van der Waals surface area contributed by atoms with Crippen LogP contribution in [0.25, 0.3) is 0 Å². The summed E-state index contributed by atoms with van der Waals surface area (Å²) in [6, 6.07) is 8.77. The van der Waals surface area contributed by atoms with Gasteiger partial charge in [-0.2, -0.15) is 0 Å². The first kappa shape index (κ1) is 14.3. The van der Waals surface area contributed by atoms with Gasteiger partial charge in [0, 0.05) is 10.9 Å². The number of ether oxygens (including phenoxy) is 1. The van der Waals surface area contributed by atoms with Crippen LogP contribution >= 0.6 is 27.3 Å². The van der Waals surface area contributed by atoms with Gasteiger partial charge < -0.3 is 10.1 Å². The van der Waals surface area contributed by atoms with Crippen LogP contribution in [0.5, 0.6) is 5.75 Å². The minimum Gasteiger partial charge on any atom is -0.492 e. The molecule has 1 N–H and O–H groups in total. The lowest BCUT2D eigenvalue weighted by Gasteiger charge is -2.17. The molecule has 0 aliphatic heterocycles. The molecule has 0 bridgehead atoms. The van der Waals surface area contributed by atoms with E-state index in [0.29, 0.717) is 12.4 Å². The highest BCUT2D eigenvalue weighted by atomic mass is 79.9. The number of rotatable bonds is 5. The second-order valence-corrected chi connectivity index (χ2v) is 6.58. The zero-order valence-corrected chi connectivity index (χ0v) is 13.1. The molecule has 0 spiro atoms. The summed E-state index contributed by atoms with van der Waals surface area (Å²) < 4.78 is 19.8. The molecule has 0 aliphatic carbocycles. The third-order valence-corrected chi connectivity index (χ3v) is 4.44. The zero-order valence-electron chi connectivity index (χ0n) is 10.7. The Morgan fingerprint density at radius 3 is 2.79 bits per heavy atom. The molecule has 1 atom stereocenters. The van der Waals surface area contributed by atoms with Crippen LogP contribution in [0.15, 0.2) is 34.1 Å². The van der Waals surface area contributed by atoms with E-state index in [1.807, 2.05) is 13.0 Å². The topological polar surface area (TPSA) is 21.3 Å². The summed E-state index contributed by atoms with van der Waals surface area (Å²) in [5.74, 6) is 0.255. The zero-order chi connectivity index (χ0) is 13.8. The van der Waals surface area contributed by atoms with E-state index < -0.39 is 0 Å². The van der Waals surface area contributed by atoms with Crippen LogP contribution in [0.3, 0.4) is 0 Å². The molecular formula is C14H15BrFNOS. The van der Waals surface area contributed by atoms with Crippen LogP contribution < -0.4 is 10.1 Å². The molecule has 5 heteroatoms. The molecule has 102 valence electrons.